The van der Waals surface area contributed by atoms with E-state index in [4.69, 9.17) is 14.7 Å². The molecule has 0 radical (unpaired) electrons. The first kappa shape index (κ1) is 37.1. The molecule has 4 atom stereocenters. The SMILES string of the molecule is CC=c1c2c(c3nc4cc(CC(=O)N(C5CCCCC5)C(C(=O)NC(C)(C)C)c5ccccc5)ccc4nc3c1=CC)C1CC(C)CCC1C(C)(C)O2. The number of carbonyl (C=O) groups excluding carboxylic acids is 2. The van der Waals surface area contributed by atoms with Gasteiger partial charge in [0.05, 0.1) is 28.5 Å². The summed E-state index contributed by atoms with van der Waals surface area (Å²) in [4.78, 5) is 41.5. The van der Waals surface area contributed by atoms with E-state index < -0.39 is 11.6 Å². The molecule has 2 amide bonds. The zero-order chi connectivity index (χ0) is 37.7. The average Bonchev–Trinajstić information content (AvgIpc) is 3.11. The minimum atomic E-state index is -0.717. The molecule has 280 valence electrons. The molecule has 2 heterocycles. The predicted molar refractivity (Wildman–Crippen MR) is 215 cm³/mol. The minimum absolute atomic E-state index is 0.00810. The highest BCUT2D eigenvalue weighted by atomic mass is 16.5. The fraction of sp³-hybridized carbons (Fsp3) is 0.522. The molecule has 1 aromatic heterocycles. The quantitative estimate of drug-likeness (QED) is 0.203. The number of hydrogen-bond donors (Lipinski definition) is 1. The number of nitrogens with zero attached hydrogens (tertiary/aromatic N) is 3. The molecule has 3 aliphatic rings. The molecule has 7 heteroatoms. The van der Waals surface area contributed by atoms with Crippen LogP contribution in [0.15, 0.2) is 48.5 Å². The summed E-state index contributed by atoms with van der Waals surface area (Å²) in [6.45, 7) is 17.0. The number of rotatable bonds is 6. The summed E-state index contributed by atoms with van der Waals surface area (Å²) in [7, 11) is 0. The smallest absolute Gasteiger partial charge is 0.247 e. The van der Waals surface area contributed by atoms with Crippen molar-refractivity contribution in [3.8, 4) is 5.75 Å². The molecule has 0 bridgehead atoms. The Morgan fingerprint density at radius 1 is 0.925 bits per heavy atom. The molecule has 1 aliphatic heterocycles. The Morgan fingerprint density at radius 2 is 1.62 bits per heavy atom. The highest BCUT2D eigenvalue weighted by Gasteiger charge is 2.47. The molecule has 7 nitrogen and oxygen atoms in total. The first-order valence-corrected chi connectivity index (χ1v) is 20.1. The summed E-state index contributed by atoms with van der Waals surface area (Å²) in [6, 6.07) is 15.1. The van der Waals surface area contributed by atoms with E-state index in [0.29, 0.717) is 17.8 Å². The Balaban J connectivity index is 1.33. The molecule has 2 aliphatic carbocycles. The van der Waals surface area contributed by atoms with Crippen LogP contribution in [0.2, 0.25) is 0 Å². The normalized spacial score (nSPS) is 22.9. The third kappa shape index (κ3) is 7.20. The lowest BCUT2D eigenvalue weighted by Crippen LogP contribution is -2.53. The van der Waals surface area contributed by atoms with Gasteiger partial charge in [-0.3, -0.25) is 9.59 Å². The Bertz CT molecular complexity index is 2150. The summed E-state index contributed by atoms with van der Waals surface area (Å²) in [5, 5.41) is 5.35. The summed E-state index contributed by atoms with van der Waals surface area (Å²) in [5.41, 5.74) is 5.60. The first-order valence-electron chi connectivity index (χ1n) is 20.1. The number of fused-ring (bicyclic) bond motifs is 6. The van der Waals surface area contributed by atoms with E-state index in [0.717, 1.165) is 94.3 Å². The van der Waals surface area contributed by atoms with Gasteiger partial charge in [-0.25, -0.2) is 9.97 Å². The Hall–Kier alpha value is -4.26. The Labute approximate surface area is 315 Å². The third-order valence-electron chi connectivity index (χ3n) is 12.1. The van der Waals surface area contributed by atoms with Crippen LogP contribution < -0.4 is 20.5 Å². The zero-order valence-electron chi connectivity index (χ0n) is 33.1. The van der Waals surface area contributed by atoms with Gasteiger partial charge in [0.25, 0.3) is 0 Å². The van der Waals surface area contributed by atoms with Gasteiger partial charge in [0.1, 0.15) is 17.4 Å². The van der Waals surface area contributed by atoms with Crippen molar-refractivity contribution in [2.75, 3.05) is 0 Å². The monoisotopic (exact) mass is 714 g/mol. The lowest BCUT2D eigenvalue weighted by atomic mass is 9.64. The van der Waals surface area contributed by atoms with Crippen LogP contribution in [0.5, 0.6) is 5.75 Å². The summed E-state index contributed by atoms with van der Waals surface area (Å²) in [5.74, 6) is 2.13. The highest BCUT2D eigenvalue weighted by molar-refractivity contribution is 5.93. The summed E-state index contributed by atoms with van der Waals surface area (Å²) >= 11 is 0. The number of aromatic nitrogens is 2. The fourth-order valence-corrected chi connectivity index (χ4v) is 9.69. The van der Waals surface area contributed by atoms with E-state index in [2.05, 4.69) is 52.1 Å². The molecule has 0 saturated heterocycles. The van der Waals surface area contributed by atoms with E-state index in [9.17, 15) is 9.59 Å². The Kier molecular flexibility index (Phi) is 10.2. The van der Waals surface area contributed by atoms with Crippen LogP contribution in [0.1, 0.15) is 135 Å². The molecule has 1 N–H and O–H groups in total. The molecule has 2 fully saturated rings. The van der Waals surface area contributed by atoms with Crippen LogP contribution in [0.25, 0.3) is 34.2 Å². The van der Waals surface area contributed by atoms with Crippen molar-refractivity contribution in [1.82, 2.24) is 20.2 Å². The van der Waals surface area contributed by atoms with Gasteiger partial charge >= 0.3 is 0 Å². The zero-order valence-corrected chi connectivity index (χ0v) is 33.1. The van der Waals surface area contributed by atoms with E-state index in [1.54, 1.807) is 0 Å². The molecule has 4 aromatic rings. The van der Waals surface area contributed by atoms with Crippen molar-refractivity contribution in [2.24, 2.45) is 11.8 Å². The first-order chi connectivity index (χ1) is 25.3. The lowest BCUT2D eigenvalue weighted by molar-refractivity contribution is -0.144. The second kappa shape index (κ2) is 14.5. The van der Waals surface area contributed by atoms with Crippen LogP contribution in [0, 0.1) is 11.8 Å². The van der Waals surface area contributed by atoms with Crippen molar-refractivity contribution < 1.29 is 14.3 Å². The van der Waals surface area contributed by atoms with Crippen LogP contribution in [-0.4, -0.2) is 43.9 Å². The van der Waals surface area contributed by atoms with Gasteiger partial charge in [-0.05, 0) is 109 Å². The number of nitrogens with one attached hydrogen (secondary N) is 1. The van der Waals surface area contributed by atoms with Crippen molar-refractivity contribution in [1.29, 1.82) is 0 Å². The molecule has 2 saturated carbocycles. The van der Waals surface area contributed by atoms with Gasteiger partial charge < -0.3 is 15.0 Å². The highest BCUT2D eigenvalue weighted by Crippen LogP contribution is 2.53. The molecule has 0 spiro atoms. The molecular weight excluding hydrogens is 657 g/mol. The topological polar surface area (TPSA) is 84.4 Å². The molecular formula is C46H58N4O3. The van der Waals surface area contributed by atoms with Gasteiger partial charge in [0, 0.05) is 33.5 Å². The molecule has 7 rings (SSSR count). The third-order valence-corrected chi connectivity index (χ3v) is 12.1. The maximum absolute atomic E-state index is 14.7. The lowest BCUT2D eigenvalue weighted by Gasteiger charge is -2.49. The van der Waals surface area contributed by atoms with Crippen LogP contribution in [0.4, 0.5) is 0 Å². The van der Waals surface area contributed by atoms with E-state index in [1.165, 1.54) is 12.0 Å². The van der Waals surface area contributed by atoms with Gasteiger partial charge in [-0.15, -0.1) is 0 Å². The number of amides is 2. The minimum Gasteiger partial charge on any atom is -0.487 e. The number of ether oxygens (including phenoxy) is 1. The average molecular weight is 715 g/mol. The fourth-order valence-electron chi connectivity index (χ4n) is 9.69. The van der Waals surface area contributed by atoms with E-state index in [1.807, 2.05) is 74.2 Å². The van der Waals surface area contributed by atoms with Crippen molar-refractivity contribution >= 4 is 46.0 Å². The van der Waals surface area contributed by atoms with Crippen molar-refractivity contribution in [2.45, 2.75) is 142 Å². The largest absolute Gasteiger partial charge is 0.487 e. The standard InChI is InChI=1S/C46H58N4O3/c1-9-32-33(10-2)43-39(34-25-28(3)21-23-35(34)46(7,8)53-43)41-40(32)47-36-24-22-29(26-37(36)48-41)27-38(51)50(31-19-15-12-16-20-31)42(30-17-13-11-14-18-30)44(52)49-45(4,5)6/h9-11,13-14,17-18,22,24,26,28,31,34-35,42H,12,15-16,19-21,23,25,27H2,1-8H3,(H,49,52). The second-order valence-corrected chi connectivity index (χ2v) is 17.6. The number of carbonyl (C=O) groups is 2. The maximum Gasteiger partial charge on any atom is 0.247 e. The summed E-state index contributed by atoms with van der Waals surface area (Å²) in [6.07, 6.45) is 13.0. The maximum atomic E-state index is 14.7. The van der Waals surface area contributed by atoms with Crippen molar-refractivity contribution in [3.63, 3.8) is 0 Å². The Morgan fingerprint density at radius 3 is 2.30 bits per heavy atom. The van der Waals surface area contributed by atoms with Crippen molar-refractivity contribution in [3.05, 3.63) is 75.7 Å². The van der Waals surface area contributed by atoms with Crippen LogP contribution in [0.3, 0.4) is 0 Å². The molecule has 4 unspecified atom stereocenters. The predicted octanol–water partition coefficient (Wildman–Crippen LogP) is 8.43. The molecule has 3 aromatic carbocycles. The van der Waals surface area contributed by atoms with Crippen LogP contribution >= 0.6 is 0 Å². The summed E-state index contributed by atoms with van der Waals surface area (Å²) < 4.78 is 6.98. The van der Waals surface area contributed by atoms with Gasteiger partial charge in [-0.1, -0.05) is 81.2 Å². The number of benzene rings is 3. The van der Waals surface area contributed by atoms with E-state index >= 15 is 0 Å². The second-order valence-electron chi connectivity index (χ2n) is 17.6. The molecule has 53 heavy (non-hydrogen) atoms. The number of hydrogen-bond acceptors (Lipinski definition) is 5. The van der Waals surface area contributed by atoms with Gasteiger partial charge in [0.15, 0.2) is 0 Å². The van der Waals surface area contributed by atoms with E-state index in [-0.39, 0.29) is 29.9 Å². The van der Waals surface area contributed by atoms with Crippen LogP contribution in [-0.2, 0) is 16.0 Å². The van der Waals surface area contributed by atoms with Gasteiger partial charge in [0.2, 0.25) is 11.8 Å². The van der Waals surface area contributed by atoms with Gasteiger partial charge in [-0.2, -0.15) is 0 Å².